The molecule has 0 saturated carbocycles. The first kappa shape index (κ1) is 25.3. The Morgan fingerprint density at radius 3 is 2.50 bits per heavy atom. The van der Waals surface area contributed by atoms with Gasteiger partial charge in [0.05, 0.1) is 18.0 Å². The summed E-state index contributed by atoms with van der Waals surface area (Å²) in [4.78, 5) is 22.4. The van der Waals surface area contributed by atoms with Crippen molar-refractivity contribution in [3.8, 4) is 0 Å². The van der Waals surface area contributed by atoms with Crippen LogP contribution in [0, 0.1) is 0 Å². The minimum atomic E-state index is -4.44. The van der Waals surface area contributed by atoms with E-state index in [2.05, 4.69) is 15.0 Å². The highest BCUT2D eigenvalue weighted by Crippen LogP contribution is 2.60. The lowest BCUT2D eigenvalue weighted by Crippen LogP contribution is -2.39. The first-order valence-electron chi connectivity index (χ1n) is 10.2. The van der Waals surface area contributed by atoms with Crippen molar-refractivity contribution < 1.29 is 34.0 Å². The van der Waals surface area contributed by atoms with Gasteiger partial charge in [-0.2, -0.15) is 9.97 Å². The Hall–Kier alpha value is -1.37. The third-order valence-corrected chi connectivity index (χ3v) is 8.42. The molecule has 2 aromatic rings. The average molecular weight is 494 g/mol. The van der Waals surface area contributed by atoms with Gasteiger partial charge in [0.1, 0.15) is 17.7 Å². The molecule has 0 spiro atoms. The smallest absolute Gasteiger partial charge is 0.359 e. The Morgan fingerprint density at radius 2 is 1.91 bits per heavy atom. The molecule has 1 fully saturated rings. The average Bonchev–Trinajstić information content (AvgIpc) is 3.22. The SMILES string of the molecule is CCC(O)(CC)P(=O)(O)OC(C)(C)C[C@H]1O[C@@H](n2cnc3c(Cl)nc(N)nc32)[C@H](O)[C@@H]1O. The molecule has 3 heterocycles. The maximum absolute atomic E-state index is 12.8. The van der Waals surface area contributed by atoms with Crippen LogP contribution in [0.5, 0.6) is 0 Å². The molecule has 12 nitrogen and oxygen atoms in total. The molecule has 1 aliphatic heterocycles. The lowest BCUT2D eigenvalue weighted by molar-refractivity contribution is -0.0642. The fourth-order valence-corrected chi connectivity index (χ4v) is 5.74. The molecule has 14 heteroatoms. The maximum Gasteiger partial charge on any atom is 0.359 e. The van der Waals surface area contributed by atoms with Crippen molar-refractivity contribution in [2.24, 2.45) is 0 Å². The van der Waals surface area contributed by atoms with Gasteiger partial charge >= 0.3 is 7.60 Å². The Balaban J connectivity index is 1.82. The van der Waals surface area contributed by atoms with Crippen molar-refractivity contribution in [2.75, 3.05) is 5.73 Å². The van der Waals surface area contributed by atoms with Gasteiger partial charge in [-0.15, -0.1) is 0 Å². The lowest BCUT2D eigenvalue weighted by Gasteiger charge is -2.37. The zero-order valence-corrected chi connectivity index (χ0v) is 19.9. The number of fused-ring (bicyclic) bond motifs is 1. The lowest BCUT2D eigenvalue weighted by atomic mass is 9.97. The van der Waals surface area contributed by atoms with Crippen LogP contribution in [0.4, 0.5) is 5.95 Å². The summed E-state index contributed by atoms with van der Waals surface area (Å²) >= 11 is 6.04. The van der Waals surface area contributed by atoms with Gasteiger partial charge in [-0.3, -0.25) is 9.13 Å². The third-order valence-electron chi connectivity index (χ3n) is 5.73. The topological polar surface area (TPSA) is 186 Å². The van der Waals surface area contributed by atoms with E-state index >= 15 is 0 Å². The molecule has 5 atom stereocenters. The second-order valence-electron chi connectivity index (χ2n) is 8.51. The predicted molar refractivity (Wildman–Crippen MR) is 116 cm³/mol. The second kappa shape index (κ2) is 8.77. The Kier molecular flexibility index (Phi) is 6.92. The zero-order valence-electron chi connectivity index (χ0n) is 18.2. The normalized spacial score (nSPS) is 26.5. The first-order valence-corrected chi connectivity index (χ1v) is 12.1. The summed E-state index contributed by atoms with van der Waals surface area (Å²) in [5.41, 5.74) is 4.83. The van der Waals surface area contributed by atoms with E-state index in [9.17, 15) is 24.8 Å². The summed E-state index contributed by atoms with van der Waals surface area (Å²) in [5.74, 6) is -0.0959. The molecule has 0 aliphatic carbocycles. The van der Waals surface area contributed by atoms with E-state index in [0.29, 0.717) is 0 Å². The second-order valence-corrected chi connectivity index (χ2v) is 10.9. The van der Waals surface area contributed by atoms with Gasteiger partial charge in [-0.25, -0.2) is 4.98 Å². The van der Waals surface area contributed by atoms with Gasteiger partial charge in [-0.05, 0) is 26.7 Å². The van der Waals surface area contributed by atoms with Crippen molar-refractivity contribution >= 4 is 36.3 Å². The van der Waals surface area contributed by atoms with E-state index in [4.69, 9.17) is 26.6 Å². The fraction of sp³-hybridized carbons (Fsp3) is 0.722. The molecule has 0 aromatic carbocycles. The van der Waals surface area contributed by atoms with Crippen LogP contribution in [0.25, 0.3) is 11.2 Å². The summed E-state index contributed by atoms with van der Waals surface area (Å²) in [6, 6.07) is 0. The molecule has 3 rings (SSSR count). The number of ether oxygens (including phenoxy) is 1. The van der Waals surface area contributed by atoms with Crippen molar-refractivity contribution in [2.45, 2.75) is 82.4 Å². The number of rotatable bonds is 8. The Bertz CT molecular complexity index is 1030. The van der Waals surface area contributed by atoms with Crippen LogP contribution in [0.3, 0.4) is 0 Å². The summed E-state index contributed by atoms with van der Waals surface area (Å²) in [7, 11) is -4.44. The summed E-state index contributed by atoms with van der Waals surface area (Å²) < 4.78 is 25.5. The number of nitrogens with zero attached hydrogens (tertiary/aromatic N) is 4. The van der Waals surface area contributed by atoms with E-state index < -0.39 is 43.1 Å². The minimum Gasteiger partial charge on any atom is -0.388 e. The number of aliphatic hydroxyl groups is 3. The van der Waals surface area contributed by atoms with Crippen LogP contribution >= 0.6 is 19.2 Å². The predicted octanol–water partition coefficient (Wildman–Crippen LogP) is 1.56. The van der Waals surface area contributed by atoms with E-state index in [1.807, 2.05) is 0 Å². The Morgan fingerprint density at radius 1 is 1.28 bits per heavy atom. The number of aromatic nitrogens is 4. The molecule has 1 unspecified atom stereocenters. The quantitative estimate of drug-likeness (QED) is 0.265. The first-order chi connectivity index (χ1) is 14.7. The monoisotopic (exact) mass is 493 g/mol. The van der Waals surface area contributed by atoms with E-state index in [1.165, 1.54) is 24.7 Å². The van der Waals surface area contributed by atoms with E-state index in [-0.39, 0.29) is 41.5 Å². The number of nitrogens with two attached hydrogens (primary N) is 1. The van der Waals surface area contributed by atoms with Gasteiger partial charge in [0, 0.05) is 6.42 Å². The van der Waals surface area contributed by atoms with Crippen LogP contribution in [-0.4, -0.2) is 69.0 Å². The number of nitrogen functional groups attached to an aromatic ring is 1. The van der Waals surface area contributed by atoms with Gasteiger partial charge in [-0.1, -0.05) is 25.4 Å². The molecule has 0 bridgehead atoms. The molecule has 6 N–H and O–H groups in total. The number of hydrogen-bond acceptors (Lipinski definition) is 10. The minimum absolute atomic E-state index is 0.0257. The summed E-state index contributed by atoms with van der Waals surface area (Å²) in [6.07, 6.45) is -3.42. The van der Waals surface area contributed by atoms with Crippen LogP contribution in [0.2, 0.25) is 5.15 Å². The molecule has 0 radical (unpaired) electrons. The molecule has 2 aromatic heterocycles. The van der Waals surface area contributed by atoms with Crippen molar-refractivity contribution in [3.63, 3.8) is 0 Å². The maximum atomic E-state index is 12.8. The van der Waals surface area contributed by atoms with Crippen molar-refractivity contribution in [1.82, 2.24) is 19.5 Å². The molecule has 32 heavy (non-hydrogen) atoms. The standard InChI is InChI=1S/C18H29ClN5O7P/c1-5-18(27,6-2)32(28,29)31-17(3,4)7-9-11(25)12(26)15(30-9)24-8-21-10-13(19)22-16(20)23-14(10)24/h8-9,11-12,15,25-27H,5-7H2,1-4H3,(H,28,29)(H2,20,22,23)/t9-,11-,12-,15-/m1/s1. The van der Waals surface area contributed by atoms with E-state index in [1.54, 1.807) is 13.8 Å². The number of imidazole rings is 1. The van der Waals surface area contributed by atoms with Crippen LogP contribution < -0.4 is 5.73 Å². The highest BCUT2D eigenvalue weighted by molar-refractivity contribution is 7.54. The summed E-state index contributed by atoms with van der Waals surface area (Å²) in [6.45, 7) is 6.26. The molecular formula is C18H29ClN5O7P. The van der Waals surface area contributed by atoms with Gasteiger partial charge < -0.3 is 35.2 Å². The largest absolute Gasteiger partial charge is 0.388 e. The van der Waals surface area contributed by atoms with Gasteiger partial charge in [0.15, 0.2) is 22.4 Å². The fourth-order valence-electron chi connectivity index (χ4n) is 3.80. The van der Waals surface area contributed by atoms with Crippen molar-refractivity contribution in [1.29, 1.82) is 0 Å². The van der Waals surface area contributed by atoms with Crippen LogP contribution in [-0.2, 0) is 13.8 Å². The van der Waals surface area contributed by atoms with Gasteiger partial charge in [0.25, 0.3) is 0 Å². The molecular weight excluding hydrogens is 465 g/mol. The van der Waals surface area contributed by atoms with Crippen LogP contribution in [0.1, 0.15) is 53.2 Å². The van der Waals surface area contributed by atoms with E-state index in [0.717, 1.165) is 0 Å². The Labute approximate surface area is 189 Å². The van der Waals surface area contributed by atoms with Crippen molar-refractivity contribution in [3.05, 3.63) is 11.5 Å². The van der Waals surface area contributed by atoms with Gasteiger partial charge in [0.2, 0.25) is 5.95 Å². The number of halogens is 1. The summed E-state index contributed by atoms with van der Waals surface area (Å²) in [5, 5.41) is 29.8. The van der Waals surface area contributed by atoms with Crippen LogP contribution in [0.15, 0.2) is 6.33 Å². The highest BCUT2D eigenvalue weighted by atomic mass is 35.5. The number of aliphatic hydroxyl groups excluding tert-OH is 2. The highest BCUT2D eigenvalue weighted by Gasteiger charge is 2.51. The number of anilines is 1. The zero-order chi connectivity index (χ0) is 24.1. The number of hydrogen-bond donors (Lipinski definition) is 5. The molecule has 1 aliphatic rings. The molecule has 180 valence electrons. The molecule has 1 saturated heterocycles. The molecule has 0 amide bonds. The third kappa shape index (κ3) is 4.51.